The van der Waals surface area contributed by atoms with Crippen molar-refractivity contribution in [2.45, 2.75) is 19.8 Å². The summed E-state index contributed by atoms with van der Waals surface area (Å²) in [5.74, 6) is 0.816. The van der Waals surface area contributed by atoms with Crippen molar-refractivity contribution in [1.82, 2.24) is 0 Å². The molecule has 0 unspecified atom stereocenters. The first kappa shape index (κ1) is 12.8. The van der Waals surface area contributed by atoms with E-state index in [4.69, 9.17) is 16.7 Å². The van der Waals surface area contributed by atoms with Gasteiger partial charge >= 0.3 is 0 Å². The van der Waals surface area contributed by atoms with Gasteiger partial charge in [0.25, 0.3) is 0 Å². The molecule has 0 saturated carbocycles. The lowest BCUT2D eigenvalue weighted by atomic mass is 10.4. The first-order valence-corrected chi connectivity index (χ1v) is 4.02. The Morgan fingerprint density at radius 1 is 1.50 bits per heavy atom. The second-order valence-corrected chi connectivity index (χ2v) is 2.14. The van der Waals surface area contributed by atoms with Crippen molar-refractivity contribution in [3.05, 3.63) is 0 Å². The second kappa shape index (κ2) is 16.1. The van der Waals surface area contributed by atoms with Gasteiger partial charge in [0.05, 0.1) is 13.2 Å². The zero-order valence-corrected chi connectivity index (χ0v) is 7.52. The highest BCUT2D eigenvalue weighted by Crippen LogP contribution is 1.86. The highest BCUT2D eigenvalue weighted by atomic mass is 35.5. The highest BCUT2D eigenvalue weighted by molar-refractivity contribution is 6.17. The van der Waals surface area contributed by atoms with Gasteiger partial charge in [-0.25, -0.2) is 0 Å². The zero-order valence-electron chi connectivity index (χ0n) is 6.77. The van der Waals surface area contributed by atoms with Crippen LogP contribution in [0.4, 0.5) is 0 Å². The van der Waals surface area contributed by atoms with E-state index in [1.54, 1.807) is 7.11 Å². The van der Waals surface area contributed by atoms with Gasteiger partial charge in [-0.1, -0.05) is 13.3 Å². The topological polar surface area (TPSA) is 29.5 Å². The fourth-order valence-electron chi connectivity index (χ4n) is 0.225. The van der Waals surface area contributed by atoms with Crippen LogP contribution in [-0.4, -0.2) is 31.3 Å². The van der Waals surface area contributed by atoms with Crippen LogP contribution in [0.3, 0.4) is 0 Å². The van der Waals surface area contributed by atoms with Gasteiger partial charge in [0.1, 0.15) is 0 Å². The molecule has 0 saturated heterocycles. The molecule has 0 fully saturated rings. The third-order valence-electron chi connectivity index (χ3n) is 0.783. The third kappa shape index (κ3) is 24.1. The summed E-state index contributed by atoms with van der Waals surface area (Å²) in [7, 11) is 1.55. The Balaban J connectivity index is 0. The molecule has 1 N–H and O–H groups in total. The van der Waals surface area contributed by atoms with Crippen LogP contribution in [0.2, 0.25) is 0 Å². The molecule has 0 bridgehead atoms. The van der Waals surface area contributed by atoms with E-state index in [0.29, 0.717) is 6.61 Å². The third-order valence-corrected chi connectivity index (χ3v) is 1.05. The normalized spacial score (nSPS) is 8.40. The van der Waals surface area contributed by atoms with E-state index in [1.165, 1.54) is 6.42 Å². The van der Waals surface area contributed by atoms with Gasteiger partial charge in [0.15, 0.2) is 0 Å². The number of halogens is 1. The number of aliphatic hydroxyl groups is 1. The minimum atomic E-state index is 0.122. The number of aliphatic hydroxyl groups excluding tert-OH is 1. The molecule has 0 amide bonds. The maximum Gasteiger partial charge on any atom is 0.0693 e. The molecule has 0 heterocycles. The standard InChI is InChI=1S/C4H9Cl.C3H8O2/c1-2-3-4-5;1-5-3-2-4/h2-4H2,1H3;4H,2-3H2,1H3. The summed E-state index contributed by atoms with van der Waals surface area (Å²) in [6.45, 7) is 2.69. The summed E-state index contributed by atoms with van der Waals surface area (Å²) in [4.78, 5) is 0. The predicted molar refractivity (Wildman–Crippen MR) is 44.6 cm³/mol. The molecule has 0 spiro atoms. The number of ether oxygens (including phenoxy) is 1. The molecule has 64 valence electrons. The molecule has 2 nitrogen and oxygen atoms in total. The monoisotopic (exact) mass is 168 g/mol. The Morgan fingerprint density at radius 3 is 2.10 bits per heavy atom. The van der Waals surface area contributed by atoms with Crippen molar-refractivity contribution in [2.24, 2.45) is 0 Å². The summed E-state index contributed by atoms with van der Waals surface area (Å²) in [5, 5.41) is 7.94. The van der Waals surface area contributed by atoms with Crippen LogP contribution >= 0.6 is 11.6 Å². The van der Waals surface area contributed by atoms with E-state index in [1.807, 2.05) is 0 Å². The average Bonchev–Trinajstić information content (AvgIpc) is 1.93. The zero-order chi connectivity index (χ0) is 8.24. The molecular weight excluding hydrogens is 152 g/mol. The number of alkyl halides is 1. The lowest BCUT2D eigenvalue weighted by molar-refractivity contribution is 0.135. The predicted octanol–water partition coefficient (Wildman–Crippen LogP) is 1.65. The van der Waals surface area contributed by atoms with Gasteiger partial charge in [-0.3, -0.25) is 0 Å². The Bertz CT molecular complexity index is 32.6. The van der Waals surface area contributed by atoms with E-state index in [0.717, 1.165) is 12.3 Å². The minimum absolute atomic E-state index is 0.122. The Kier molecular flexibility index (Phi) is 20.7. The van der Waals surface area contributed by atoms with E-state index >= 15 is 0 Å². The number of hydrogen-bond donors (Lipinski definition) is 1. The average molecular weight is 169 g/mol. The van der Waals surface area contributed by atoms with Crippen molar-refractivity contribution in [3.63, 3.8) is 0 Å². The van der Waals surface area contributed by atoms with E-state index in [9.17, 15) is 0 Å². The SMILES string of the molecule is CCCCCl.COCCO. The van der Waals surface area contributed by atoms with Crippen LogP contribution in [0, 0.1) is 0 Å². The van der Waals surface area contributed by atoms with Gasteiger partial charge in [-0.15, -0.1) is 11.6 Å². The van der Waals surface area contributed by atoms with Crippen molar-refractivity contribution in [2.75, 3.05) is 26.2 Å². The number of unbranched alkanes of at least 4 members (excludes halogenated alkanes) is 1. The Hall–Kier alpha value is 0.210. The van der Waals surface area contributed by atoms with Crippen LogP contribution in [0.15, 0.2) is 0 Å². The summed E-state index contributed by atoms with van der Waals surface area (Å²) >= 11 is 5.30. The summed E-state index contributed by atoms with van der Waals surface area (Å²) in [6, 6.07) is 0. The van der Waals surface area contributed by atoms with Crippen molar-refractivity contribution < 1.29 is 9.84 Å². The fourth-order valence-corrected chi connectivity index (χ4v) is 0.492. The van der Waals surface area contributed by atoms with Gasteiger partial charge < -0.3 is 9.84 Å². The summed E-state index contributed by atoms with van der Waals surface area (Å²) < 4.78 is 4.44. The smallest absolute Gasteiger partial charge is 0.0693 e. The molecule has 0 atom stereocenters. The van der Waals surface area contributed by atoms with Crippen molar-refractivity contribution in [3.8, 4) is 0 Å². The quantitative estimate of drug-likeness (QED) is 0.647. The highest BCUT2D eigenvalue weighted by Gasteiger charge is 1.70. The van der Waals surface area contributed by atoms with Crippen LogP contribution in [0.5, 0.6) is 0 Å². The van der Waals surface area contributed by atoms with Crippen LogP contribution in [0.25, 0.3) is 0 Å². The van der Waals surface area contributed by atoms with E-state index in [-0.39, 0.29) is 6.61 Å². The Labute approximate surface area is 68.1 Å². The molecule has 10 heavy (non-hydrogen) atoms. The maximum atomic E-state index is 7.94. The molecule has 0 aromatic rings. The lowest BCUT2D eigenvalue weighted by Crippen LogP contribution is -1.91. The minimum Gasteiger partial charge on any atom is -0.394 e. The van der Waals surface area contributed by atoms with Gasteiger partial charge in [-0.2, -0.15) is 0 Å². The maximum absolute atomic E-state index is 7.94. The Morgan fingerprint density at radius 2 is 2.10 bits per heavy atom. The van der Waals surface area contributed by atoms with Crippen LogP contribution in [-0.2, 0) is 4.74 Å². The summed E-state index contributed by atoms with van der Waals surface area (Å²) in [6.07, 6.45) is 2.37. The van der Waals surface area contributed by atoms with Crippen molar-refractivity contribution in [1.29, 1.82) is 0 Å². The first-order chi connectivity index (χ1) is 4.83. The van der Waals surface area contributed by atoms with E-state index in [2.05, 4.69) is 11.7 Å². The molecule has 0 aromatic heterocycles. The van der Waals surface area contributed by atoms with Crippen molar-refractivity contribution >= 4 is 11.6 Å². The van der Waals surface area contributed by atoms with Gasteiger partial charge in [-0.05, 0) is 6.42 Å². The lowest BCUT2D eigenvalue weighted by Gasteiger charge is -1.84. The first-order valence-electron chi connectivity index (χ1n) is 3.49. The molecule has 0 radical (unpaired) electrons. The molecule has 0 rings (SSSR count). The van der Waals surface area contributed by atoms with Crippen LogP contribution < -0.4 is 0 Å². The molecular formula is C7H17ClO2. The van der Waals surface area contributed by atoms with Gasteiger partial charge in [0.2, 0.25) is 0 Å². The molecule has 0 aliphatic heterocycles. The second-order valence-electron chi connectivity index (χ2n) is 1.76. The number of hydrogen-bond acceptors (Lipinski definition) is 2. The van der Waals surface area contributed by atoms with E-state index < -0.39 is 0 Å². The number of rotatable bonds is 4. The largest absolute Gasteiger partial charge is 0.394 e. The fraction of sp³-hybridized carbons (Fsp3) is 1.00. The molecule has 3 heteroatoms. The van der Waals surface area contributed by atoms with Gasteiger partial charge in [0, 0.05) is 13.0 Å². The molecule has 0 aromatic carbocycles. The number of methoxy groups -OCH3 is 1. The summed E-state index contributed by atoms with van der Waals surface area (Å²) in [5.41, 5.74) is 0. The molecule has 0 aliphatic rings. The molecule has 0 aliphatic carbocycles. The van der Waals surface area contributed by atoms with Crippen LogP contribution in [0.1, 0.15) is 19.8 Å².